The largest absolute Gasteiger partial charge is 0.377 e. The summed E-state index contributed by atoms with van der Waals surface area (Å²) in [7, 11) is -3.53. The van der Waals surface area contributed by atoms with E-state index in [4.69, 9.17) is 10.5 Å². The van der Waals surface area contributed by atoms with E-state index in [-0.39, 0.29) is 23.1 Å². The quantitative estimate of drug-likeness (QED) is 0.730. The summed E-state index contributed by atoms with van der Waals surface area (Å²) in [6, 6.07) is 6.17. The van der Waals surface area contributed by atoms with E-state index < -0.39 is 10.0 Å². The van der Waals surface area contributed by atoms with Crippen molar-refractivity contribution in [1.82, 2.24) is 4.72 Å². The standard InChI is InChI=1S/C12H17IN2O3S/c1-2-18-11-7-10(14)12(11)15-19(16,17)9-5-3-8(13)4-6-9/h3-6,10-12,15H,2,7,14H2,1H3. The van der Waals surface area contributed by atoms with Gasteiger partial charge >= 0.3 is 0 Å². The minimum Gasteiger partial charge on any atom is -0.377 e. The van der Waals surface area contributed by atoms with Crippen molar-refractivity contribution in [3.05, 3.63) is 27.8 Å². The molecule has 3 N–H and O–H groups in total. The molecule has 3 atom stereocenters. The van der Waals surface area contributed by atoms with Gasteiger partial charge in [0.2, 0.25) is 10.0 Å². The van der Waals surface area contributed by atoms with Crippen LogP contribution in [0.25, 0.3) is 0 Å². The fourth-order valence-electron chi connectivity index (χ4n) is 2.05. The maximum absolute atomic E-state index is 12.2. The summed E-state index contributed by atoms with van der Waals surface area (Å²) in [5.74, 6) is 0. The zero-order valence-corrected chi connectivity index (χ0v) is 13.5. The molecule has 0 spiro atoms. The Hall–Kier alpha value is -0.220. The van der Waals surface area contributed by atoms with Gasteiger partial charge in [-0.1, -0.05) is 0 Å². The van der Waals surface area contributed by atoms with Crippen LogP contribution in [0.1, 0.15) is 13.3 Å². The number of rotatable bonds is 5. The molecule has 19 heavy (non-hydrogen) atoms. The molecule has 1 aliphatic rings. The molecule has 1 fully saturated rings. The van der Waals surface area contributed by atoms with E-state index >= 15 is 0 Å². The van der Waals surface area contributed by atoms with E-state index in [0.717, 1.165) is 3.57 Å². The summed E-state index contributed by atoms with van der Waals surface area (Å²) in [6.45, 7) is 2.44. The Balaban J connectivity index is 2.10. The van der Waals surface area contributed by atoms with Crippen molar-refractivity contribution in [1.29, 1.82) is 0 Å². The predicted octanol–water partition coefficient (Wildman–Crippen LogP) is 1.07. The maximum atomic E-state index is 12.2. The lowest BCUT2D eigenvalue weighted by Crippen LogP contribution is -2.64. The Morgan fingerprint density at radius 3 is 2.58 bits per heavy atom. The van der Waals surface area contributed by atoms with Gasteiger partial charge in [-0.2, -0.15) is 0 Å². The van der Waals surface area contributed by atoms with Crippen LogP contribution in [0.4, 0.5) is 0 Å². The van der Waals surface area contributed by atoms with E-state index in [1.54, 1.807) is 24.3 Å². The summed E-state index contributed by atoms with van der Waals surface area (Å²) in [5, 5.41) is 0. The number of benzene rings is 1. The number of hydrogen-bond acceptors (Lipinski definition) is 4. The van der Waals surface area contributed by atoms with Gasteiger partial charge in [0.05, 0.1) is 17.0 Å². The molecule has 0 amide bonds. The lowest BCUT2D eigenvalue weighted by atomic mass is 9.84. The maximum Gasteiger partial charge on any atom is 0.240 e. The number of nitrogens with one attached hydrogen (secondary N) is 1. The summed E-state index contributed by atoms with van der Waals surface area (Å²) in [6.07, 6.45) is 0.562. The zero-order chi connectivity index (χ0) is 14.0. The third-order valence-corrected chi connectivity index (χ3v) is 5.36. The highest BCUT2D eigenvalue weighted by molar-refractivity contribution is 14.1. The van der Waals surface area contributed by atoms with Gasteiger partial charge in [-0.15, -0.1) is 0 Å². The minimum atomic E-state index is -3.53. The molecule has 2 rings (SSSR count). The van der Waals surface area contributed by atoms with Crippen LogP contribution >= 0.6 is 22.6 Å². The van der Waals surface area contributed by atoms with E-state index in [2.05, 4.69) is 27.3 Å². The Bertz CT molecular complexity index is 530. The van der Waals surface area contributed by atoms with Crippen molar-refractivity contribution in [2.24, 2.45) is 5.73 Å². The highest BCUT2D eigenvalue weighted by Crippen LogP contribution is 2.24. The molecule has 5 nitrogen and oxygen atoms in total. The second kappa shape index (κ2) is 6.04. The first-order chi connectivity index (χ1) is 8.94. The van der Waals surface area contributed by atoms with Crippen LogP contribution in [-0.2, 0) is 14.8 Å². The fourth-order valence-corrected chi connectivity index (χ4v) is 3.73. The molecule has 3 unspecified atom stereocenters. The Labute approximate surface area is 127 Å². The van der Waals surface area contributed by atoms with Crippen molar-refractivity contribution in [2.75, 3.05) is 6.61 Å². The molecule has 0 aromatic heterocycles. The SMILES string of the molecule is CCOC1CC(N)C1NS(=O)(=O)c1ccc(I)cc1. The number of halogens is 1. The van der Waals surface area contributed by atoms with Crippen LogP contribution in [0.3, 0.4) is 0 Å². The number of ether oxygens (including phenoxy) is 1. The van der Waals surface area contributed by atoms with Gasteiger partial charge in [-0.05, 0) is 60.2 Å². The summed E-state index contributed by atoms with van der Waals surface area (Å²) in [5.41, 5.74) is 5.84. The molecule has 0 bridgehead atoms. The average Bonchev–Trinajstić information content (AvgIpc) is 2.37. The lowest BCUT2D eigenvalue weighted by molar-refractivity contribution is -0.0248. The van der Waals surface area contributed by atoms with Crippen LogP contribution in [0, 0.1) is 3.57 Å². The average molecular weight is 396 g/mol. The van der Waals surface area contributed by atoms with Crippen LogP contribution in [0.2, 0.25) is 0 Å². The number of sulfonamides is 1. The summed E-state index contributed by atoms with van der Waals surface area (Å²) >= 11 is 2.13. The molecular formula is C12H17IN2O3S. The fraction of sp³-hybridized carbons (Fsp3) is 0.500. The van der Waals surface area contributed by atoms with Crippen molar-refractivity contribution in [3.8, 4) is 0 Å². The van der Waals surface area contributed by atoms with Crippen molar-refractivity contribution >= 4 is 32.6 Å². The Morgan fingerprint density at radius 2 is 2.05 bits per heavy atom. The Morgan fingerprint density at radius 1 is 1.42 bits per heavy atom. The number of nitrogens with two attached hydrogens (primary N) is 1. The Kier molecular flexibility index (Phi) is 4.83. The number of hydrogen-bond donors (Lipinski definition) is 2. The molecular weight excluding hydrogens is 379 g/mol. The van der Waals surface area contributed by atoms with Crippen LogP contribution in [0.15, 0.2) is 29.2 Å². The van der Waals surface area contributed by atoms with Crippen molar-refractivity contribution < 1.29 is 13.2 Å². The molecule has 0 radical (unpaired) electrons. The molecule has 1 aliphatic carbocycles. The molecule has 0 saturated heterocycles. The second-order valence-electron chi connectivity index (χ2n) is 4.49. The first kappa shape index (κ1) is 15.2. The predicted molar refractivity (Wildman–Crippen MR) is 81.3 cm³/mol. The topological polar surface area (TPSA) is 81.4 Å². The molecule has 1 aromatic rings. The van der Waals surface area contributed by atoms with Gasteiger partial charge < -0.3 is 10.5 Å². The molecule has 1 saturated carbocycles. The first-order valence-corrected chi connectivity index (χ1v) is 8.65. The van der Waals surface area contributed by atoms with Crippen LogP contribution in [0.5, 0.6) is 0 Å². The van der Waals surface area contributed by atoms with Crippen molar-refractivity contribution in [3.63, 3.8) is 0 Å². The molecule has 0 aliphatic heterocycles. The third kappa shape index (κ3) is 3.46. The molecule has 1 aromatic carbocycles. The van der Waals surface area contributed by atoms with Gasteiger partial charge in [-0.3, -0.25) is 0 Å². The van der Waals surface area contributed by atoms with Gasteiger partial charge in [0.15, 0.2) is 0 Å². The normalized spacial score (nSPS) is 27.0. The summed E-state index contributed by atoms with van der Waals surface area (Å²) < 4.78 is 33.5. The van der Waals surface area contributed by atoms with Crippen LogP contribution < -0.4 is 10.5 Å². The summed E-state index contributed by atoms with van der Waals surface area (Å²) in [4.78, 5) is 0.252. The molecule has 106 valence electrons. The lowest BCUT2D eigenvalue weighted by Gasteiger charge is -2.42. The van der Waals surface area contributed by atoms with Gasteiger partial charge in [-0.25, -0.2) is 13.1 Å². The molecule has 0 heterocycles. The first-order valence-electron chi connectivity index (χ1n) is 6.09. The monoisotopic (exact) mass is 396 g/mol. The van der Waals surface area contributed by atoms with E-state index in [9.17, 15) is 8.42 Å². The van der Waals surface area contributed by atoms with E-state index in [1.807, 2.05) is 6.92 Å². The van der Waals surface area contributed by atoms with Gasteiger partial charge in [0, 0.05) is 16.2 Å². The van der Waals surface area contributed by atoms with Gasteiger partial charge in [0.1, 0.15) is 0 Å². The smallest absolute Gasteiger partial charge is 0.240 e. The van der Waals surface area contributed by atoms with E-state index in [1.165, 1.54) is 0 Å². The highest BCUT2D eigenvalue weighted by Gasteiger charge is 2.41. The minimum absolute atomic E-state index is 0.126. The van der Waals surface area contributed by atoms with Crippen molar-refractivity contribution in [2.45, 2.75) is 36.4 Å². The molecule has 7 heteroatoms. The van der Waals surface area contributed by atoms with Crippen LogP contribution in [-0.4, -0.2) is 33.2 Å². The highest BCUT2D eigenvalue weighted by atomic mass is 127. The van der Waals surface area contributed by atoms with Gasteiger partial charge in [0.25, 0.3) is 0 Å². The zero-order valence-electron chi connectivity index (χ0n) is 10.5. The second-order valence-corrected chi connectivity index (χ2v) is 7.45. The third-order valence-electron chi connectivity index (χ3n) is 3.16. The van der Waals surface area contributed by atoms with E-state index in [0.29, 0.717) is 13.0 Å².